The number of benzene rings is 2. The van der Waals surface area contributed by atoms with Gasteiger partial charge in [0.2, 0.25) is 0 Å². The van der Waals surface area contributed by atoms with Crippen LogP contribution < -0.4 is 10.6 Å². The fraction of sp³-hybridized carbons (Fsp3) is 0.200. The highest BCUT2D eigenvalue weighted by atomic mass is 14.9. The van der Waals surface area contributed by atoms with Gasteiger partial charge in [-0.15, -0.1) is 0 Å². The van der Waals surface area contributed by atoms with Crippen molar-refractivity contribution in [1.82, 2.24) is 5.32 Å². The van der Waals surface area contributed by atoms with E-state index < -0.39 is 0 Å². The summed E-state index contributed by atoms with van der Waals surface area (Å²) in [6, 6.07) is 19.2. The van der Waals surface area contributed by atoms with Crippen LogP contribution >= 0.6 is 0 Å². The Balaban J connectivity index is 2.29. The Morgan fingerprint density at radius 1 is 0.765 bits per heavy atom. The van der Waals surface area contributed by atoms with Crippen LogP contribution in [0, 0.1) is 0 Å². The molecule has 0 saturated carbocycles. The van der Waals surface area contributed by atoms with Crippen molar-refractivity contribution in [2.75, 3.05) is 19.4 Å². The summed E-state index contributed by atoms with van der Waals surface area (Å²) in [5.74, 6) is 0. The van der Waals surface area contributed by atoms with Crippen molar-refractivity contribution in [3.8, 4) is 0 Å². The molecule has 88 valence electrons. The molecule has 0 aromatic heterocycles. The fourth-order valence-corrected chi connectivity index (χ4v) is 2.01. The van der Waals surface area contributed by atoms with Gasteiger partial charge in [-0.3, -0.25) is 0 Å². The van der Waals surface area contributed by atoms with Crippen molar-refractivity contribution in [2.45, 2.75) is 6.04 Å². The standard InChI is InChI=1S/C15H18N2/c1-16-14-10-8-13(9-11-14)15(17-2)12-6-4-3-5-7-12/h3-11,15-17H,1-2H3. The second kappa shape index (κ2) is 5.51. The minimum absolute atomic E-state index is 0.252. The van der Waals surface area contributed by atoms with Gasteiger partial charge in [0.05, 0.1) is 6.04 Å². The fourth-order valence-electron chi connectivity index (χ4n) is 2.01. The number of hydrogen-bond donors (Lipinski definition) is 2. The Kier molecular flexibility index (Phi) is 3.78. The molecule has 0 fully saturated rings. The zero-order valence-corrected chi connectivity index (χ0v) is 10.3. The highest BCUT2D eigenvalue weighted by molar-refractivity contribution is 5.45. The second-order valence-electron chi connectivity index (χ2n) is 4.00. The second-order valence-corrected chi connectivity index (χ2v) is 4.00. The van der Waals surface area contributed by atoms with Gasteiger partial charge < -0.3 is 10.6 Å². The lowest BCUT2D eigenvalue weighted by Crippen LogP contribution is -2.17. The smallest absolute Gasteiger partial charge is 0.0574 e. The van der Waals surface area contributed by atoms with Crippen molar-refractivity contribution < 1.29 is 0 Å². The van der Waals surface area contributed by atoms with Gasteiger partial charge in [-0.2, -0.15) is 0 Å². The first-order valence-corrected chi connectivity index (χ1v) is 5.85. The first kappa shape index (κ1) is 11.7. The van der Waals surface area contributed by atoms with E-state index in [0.29, 0.717) is 0 Å². The molecule has 1 atom stereocenters. The zero-order valence-electron chi connectivity index (χ0n) is 10.3. The van der Waals surface area contributed by atoms with Gasteiger partial charge in [0.25, 0.3) is 0 Å². The lowest BCUT2D eigenvalue weighted by atomic mass is 9.99. The van der Waals surface area contributed by atoms with E-state index in [4.69, 9.17) is 0 Å². The summed E-state index contributed by atoms with van der Waals surface area (Å²) in [5, 5.41) is 6.48. The van der Waals surface area contributed by atoms with Gasteiger partial charge >= 0.3 is 0 Å². The molecule has 0 aliphatic rings. The van der Waals surface area contributed by atoms with Crippen LogP contribution in [0.3, 0.4) is 0 Å². The highest BCUT2D eigenvalue weighted by Crippen LogP contribution is 2.22. The third-order valence-corrected chi connectivity index (χ3v) is 2.95. The van der Waals surface area contributed by atoms with Crippen molar-refractivity contribution >= 4 is 5.69 Å². The number of rotatable bonds is 4. The first-order chi connectivity index (χ1) is 8.35. The van der Waals surface area contributed by atoms with E-state index >= 15 is 0 Å². The molecule has 0 amide bonds. The van der Waals surface area contributed by atoms with Crippen LogP contribution in [0.25, 0.3) is 0 Å². The van der Waals surface area contributed by atoms with Crippen molar-refractivity contribution in [3.05, 3.63) is 65.7 Å². The van der Waals surface area contributed by atoms with Crippen LogP contribution in [-0.4, -0.2) is 14.1 Å². The number of hydrogen-bond acceptors (Lipinski definition) is 2. The highest BCUT2D eigenvalue weighted by Gasteiger charge is 2.10. The van der Waals surface area contributed by atoms with Crippen LogP contribution in [0.1, 0.15) is 17.2 Å². The Morgan fingerprint density at radius 3 is 1.88 bits per heavy atom. The summed E-state index contributed by atoms with van der Waals surface area (Å²) in [7, 11) is 3.92. The SMILES string of the molecule is CNc1ccc(C(NC)c2ccccc2)cc1. The summed E-state index contributed by atoms with van der Waals surface area (Å²) < 4.78 is 0. The summed E-state index contributed by atoms with van der Waals surface area (Å²) >= 11 is 0. The molecular weight excluding hydrogens is 208 g/mol. The lowest BCUT2D eigenvalue weighted by molar-refractivity contribution is 0.692. The van der Waals surface area contributed by atoms with E-state index in [1.54, 1.807) is 0 Å². The molecular formula is C15H18N2. The maximum absolute atomic E-state index is 3.35. The molecule has 2 heteroatoms. The minimum atomic E-state index is 0.252. The lowest BCUT2D eigenvalue weighted by Gasteiger charge is -2.17. The molecule has 2 aromatic rings. The Labute approximate surface area is 103 Å². The Morgan fingerprint density at radius 2 is 1.35 bits per heavy atom. The van der Waals surface area contributed by atoms with Crippen LogP contribution in [-0.2, 0) is 0 Å². The maximum Gasteiger partial charge on any atom is 0.0574 e. The van der Waals surface area contributed by atoms with E-state index in [1.807, 2.05) is 20.2 Å². The molecule has 2 nitrogen and oxygen atoms in total. The van der Waals surface area contributed by atoms with E-state index in [9.17, 15) is 0 Å². The summed E-state index contributed by atoms with van der Waals surface area (Å²) in [4.78, 5) is 0. The van der Waals surface area contributed by atoms with Crippen LogP contribution in [0.15, 0.2) is 54.6 Å². The third kappa shape index (κ3) is 2.66. The molecule has 2 aromatic carbocycles. The average Bonchev–Trinajstić information content (AvgIpc) is 2.42. The van der Waals surface area contributed by atoms with Crippen LogP contribution in [0.5, 0.6) is 0 Å². The molecule has 2 N–H and O–H groups in total. The Hall–Kier alpha value is -1.80. The van der Waals surface area contributed by atoms with Crippen LogP contribution in [0.4, 0.5) is 5.69 Å². The molecule has 0 heterocycles. The normalized spacial score (nSPS) is 12.1. The number of anilines is 1. The predicted molar refractivity (Wildman–Crippen MR) is 73.3 cm³/mol. The van der Waals surface area contributed by atoms with Gasteiger partial charge in [0.15, 0.2) is 0 Å². The molecule has 0 radical (unpaired) electrons. The average molecular weight is 226 g/mol. The van der Waals surface area contributed by atoms with Crippen molar-refractivity contribution in [2.24, 2.45) is 0 Å². The number of nitrogens with one attached hydrogen (secondary N) is 2. The molecule has 1 unspecified atom stereocenters. The Bertz CT molecular complexity index is 448. The molecule has 0 aliphatic heterocycles. The molecule has 2 rings (SSSR count). The minimum Gasteiger partial charge on any atom is -0.388 e. The molecule has 0 bridgehead atoms. The van der Waals surface area contributed by atoms with E-state index in [-0.39, 0.29) is 6.04 Å². The largest absolute Gasteiger partial charge is 0.388 e. The zero-order chi connectivity index (χ0) is 12.1. The summed E-state index contributed by atoms with van der Waals surface area (Å²) in [6.07, 6.45) is 0. The van der Waals surface area contributed by atoms with E-state index in [2.05, 4.69) is 59.2 Å². The van der Waals surface area contributed by atoms with Gasteiger partial charge in [-0.05, 0) is 30.3 Å². The predicted octanol–water partition coefficient (Wildman–Crippen LogP) is 3.04. The van der Waals surface area contributed by atoms with E-state index in [1.165, 1.54) is 11.1 Å². The van der Waals surface area contributed by atoms with Gasteiger partial charge in [0.1, 0.15) is 0 Å². The molecule has 0 aliphatic carbocycles. The summed E-state index contributed by atoms with van der Waals surface area (Å²) in [5.41, 5.74) is 3.70. The molecule has 0 saturated heterocycles. The van der Waals surface area contributed by atoms with E-state index in [0.717, 1.165) is 5.69 Å². The molecule has 17 heavy (non-hydrogen) atoms. The first-order valence-electron chi connectivity index (χ1n) is 5.85. The van der Waals surface area contributed by atoms with Crippen molar-refractivity contribution in [3.63, 3.8) is 0 Å². The maximum atomic E-state index is 3.35. The monoisotopic (exact) mass is 226 g/mol. The summed E-state index contributed by atoms with van der Waals surface area (Å²) in [6.45, 7) is 0. The van der Waals surface area contributed by atoms with Crippen LogP contribution in [0.2, 0.25) is 0 Å². The molecule has 0 spiro atoms. The van der Waals surface area contributed by atoms with Gasteiger partial charge in [0, 0.05) is 12.7 Å². The quantitative estimate of drug-likeness (QED) is 0.837. The topological polar surface area (TPSA) is 24.1 Å². The van der Waals surface area contributed by atoms with Gasteiger partial charge in [-0.1, -0.05) is 42.5 Å². The van der Waals surface area contributed by atoms with Gasteiger partial charge in [-0.25, -0.2) is 0 Å². The third-order valence-electron chi connectivity index (χ3n) is 2.95. The van der Waals surface area contributed by atoms with Crippen molar-refractivity contribution in [1.29, 1.82) is 0 Å².